The molecule has 0 aromatic carbocycles. The lowest BCUT2D eigenvalue weighted by molar-refractivity contribution is 0.174. The Morgan fingerprint density at radius 3 is 2.50 bits per heavy atom. The molecule has 0 aromatic rings. The highest BCUT2D eigenvalue weighted by molar-refractivity contribution is 4.61. The lowest BCUT2D eigenvalue weighted by Crippen LogP contribution is -2.17. The van der Waals surface area contributed by atoms with Crippen LogP contribution in [0, 0.1) is 0 Å². The molecule has 0 fully saturated rings. The molecule has 0 aliphatic rings. The fourth-order valence-corrected chi connectivity index (χ4v) is 0.171. The largest absolute Gasteiger partial charge is 0.374 e. The minimum absolute atomic E-state index is 0.470. The molecule has 0 saturated carbocycles. The highest BCUT2D eigenvalue weighted by atomic mass is 16.3. The average molecular weight is 87.1 g/mol. The van der Waals surface area contributed by atoms with Gasteiger partial charge in [-0.25, -0.2) is 0 Å². The summed E-state index contributed by atoms with van der Waals surface area (Å²) in [6.07, 6.45) is 0.979. The summed E-state index contributed by atoms with van der Waals surface area (Å²) in [5, 5.41) is 10.9. The highest BCUT2D eigenvalue weighted by Crippen LogP contribution is 1.65. The zero-order valence-electron chi connectivity index (χ0n) is 3.81. The van der Waals surface area contributed by atoms with Crippen molar-refractivity contribution in [3.8, 4) is 0 Å². The molecule has 36 valence electrons. The van der Waals surface area contributed by atoms with Gasteiger partial charge in [0.05, 0.1) is 0 Å². The predicted octanol–water partition coefficient (Wildman–Crippen LogP) is 0.0578. The van der Waals surface area contributed by atoms with Crippen LogP contribution in [0.3, 0.4) is 0 Å². The summed E-state index contributed by atoms with van der Waals surface area (Å²) >= 11 is 0. The number of aliphatic hydroxyl groups is 1. The van der Waals surface area contributed by atoms with Crippen LogP contribution in [0.5, 0.6) is 0 Å². The number of rotatable bonds is 2. The molecule has 0 aliphatic heterocycles. The van der Waals surface area contributed by atoms with Crippen LogP contribution in [0.25, 0.3) is 0 Å². The lowest BCUT2D eigenvalue weighted by atomic mass is 10.7. The van der Waals surface area contributed by atoms with Gasteiger partial charge in [0.25, 0.3) is 0 Å². The summed E-state index contributed by atoms with van der Waals surface area (Å²) in [7, 11) is 0. The third-order valence-corrected chi connectivity index (χ3v) is 0.359. The first-order valence-corrected chi connectivity index (χ1v) is 1.82. The molecule has 0 aliphatic carbocycles. The molecule has 2 nitrogen and oxygen atoms in total. The van der Waals surface area contributed by atoms with E-state index in [1.165, 1.54) is 6.20 Å². The van der Waals surface area contributed by atoms with Gasteiger partial charge < -0.3 is 10.4 Å². The zero-order chi connectivity index (χ0) is 4.99. The lowest BCUT2D eigenvalue weighted by Gasteiger charge is -1.98. The molecule has 0 rings (SSSR count). The molecule has 6 heavy (non-hydrogen) atoms. The zero-order valence-corrected chi connectivity index (χ0v) is 3.81. The van der Waals surface area contributed by atoms with Crippen LogP contribution < -0.4 is 5.32 Å². The maximum Gasteiger partial charge on any atom is 0.121 e. The summed E-state index contributed by atoms with van der Waals surface area (Å²) in [6, 6.07) is 0. The second-order valence-electron chi connectivity index (χ2n) is 1.05. The summed E-state index contributed by atoms with van der Waals surface area (Å²) in [4.78, 5) is 0. The first kappa shape index (κ1) is 5.50. The fraction of sp³-hybridized carbons (Fsp3) is 0.500. The Morgan fingerprint density at radius 2 is 2.50 bits per heavy atom. The molecule has 0 aromatic heterocycles. The van der Waals surface area contributed by atoms with Gasteiger partial charge in [-0.05, 0) is 13.1 Å². The Bertz CT molecular complexity index is 42.8. The van der Waals surface area contributed by atoms with Crippen LogP contribution in [-0.4, -0.2) is 11.3 Å². The fourth-order valence-electron chi connectivity index (χ4n) is 0.171. The number of aliphatic hydroxyl groups excluding tert-OH is 1. The Hall–Kier alpha value is -0.500. The van der Waals surface area contributed by atoms with Gasteiger partial charge in [-0.15, -0.1) is 0 Å². The van der Waals surface area contributed by atoms with Crippen LogP contribution in [0.15, 0.2) is 12.8 Å². The van der Waals surface area contributed by atoms with Crippen LogP contribution in [0.1, 0.15) is 6.92 Å². The Labute approximate surface area is 37.5 Å². The van der Waals surface area contributed by atoms with Crippen molar-refractivity contribution in [2.45, 2.75) is 13.2 Å². The molecule has 0 spiro atoms. The average Bonchev–Trinajstić information content (AvgIpc) is 1.35. The molecular formula is C4H9NO. The maximum atomic E-state index is 8.37. The van der Waals surface area contributed by atoms with Crippen molar-refractivity contribution < 1.29 is 5.11 Å². The van der Waals surface area contributed by atoms with Gasteiger partial charge in [-0.1, -0.05) is 6.58 Å². The maximum absolute atomic E-state index is 8.37. The van der Waals surface area contributed by atoms with Crippen molar-refractivity contribution in [3.05, 3.63) is 12.8 Å². The van der Waals surface area contributed by atoms with Crippen molar-refractivity contribution in [2.24, 2.45) is 0 Å². The summed E-state index contributed by atoms with van der Waals surface area (Å²) in [5.41, 5.74) is 0. The van der Waals surface area contributed by atoms with Crippen LogP contribution in [0.4, 0.5) is 0 Å². The van der Waals surface area contributed by atoms with Crippen LogP contribution in [-0.2, 0) is 0 Å². The van der Waals surface area contributed by atoms with E-state index in [1.807, 2.05) is 0 Å². The van der Waals surface area contributed by atoms with E-state index >= 15 is 0 Å². The Balaban J connectivity index is 2.81. The van der Waals surface area contributed by atoms with Gasteiger partial charge in [-0.2, -0.15) is 0 Å². The van der Waals surface area contributed by atoms with E-state index in [1.54, 1.807) is 6.92 Å². The second kappa shape index (κ2) is 2.72. The van der Waals surface area contributed by atoms with E-state index in [0.29, 0.717) is 0 Å². The van der Waals surface area contributed by atoms with Crippen molar-refractivity contribution in [3.63, 3.8) is 0 Å². The van der Waals surface area contributed by atoms with Gasteiger partial charge in [0.2, 0.25) is 0 Å². The van der Waals surface area contributed by atoms with E-state index in [9.17, 15) is 0 Å². The minimum Gasteiger partial charge on any atom is -0.374 e. The van der Waals surface area contributed by atoms with Gasteiger partial charge in [-0.3, -0.25) is 0 Å². The standard InChI is InChI=1S/C4H9NO/c1-3-5-4(2)6/h3-6H,1H2,2H3. The SMILES string of the molecule is C=CNC(C)O. The van der Waals surface area contributed by atoms with Crippen molar-refractivity contribution in [1.29, 1.82) is 0 Å². The molecule has 0 saturated heterocycles. The van der Waals surface area contributed by atoms with Crippen LogP contribution in [0.2, 0.25) is 0 Å². The van der Waals surface area contributed by atoms with Gasteiger partial charge in [0, 0.05) is 0 Å². The van der Waals surface area contributed by atoms with E-state index in [2.05, 4.69) is 11.9 Å². The molecular weight excluding hydrogens is 78.0 g/mol. The predicted molar refractivity (Wildman–Crippen MR) is 25.0 cm³/mol. The van der Waals surface area contributed by atoms with Crippen molar-refractivity contribution in [1.82, 2.24) is 5.32 Å². The summed E-state index contributed by atoms with van der Waals surface area (Å²) < 4.78 is 0. The van der Waals surface area contributed by atoms with Crippen molar-refractivity contribution >= 4 is 0 Å². The van der Waals surface area contributed by atoms with Crippen LogP contribution >= 0.6 is 0 Å². The van der Waals surface area contributed by atoms with E-state index in [0.717, 1.165) is 0 Å². The molecule has 2 heteroatoms. The number of hydrogen-bond acceptors (Lipinski definition) is 2. The third-order valence-electron chi connectivity index (χ3n) is 0.359. The monoisotopic (exact) mass is 87.1 g/mol. The first-order chi connectivity index (χ1) is 2.77. The quantitative estimate of drug-likeness (QED) is 0.467. The van der Waals surface area contributed by atoms with Gasteiger partial charge >= 0.3 is 0 Å². The van der Waals surface area contributed by atoms with Gasteiger partial charge in [0.15, 0.2) is 0 Å². The molecule has 1 atom stereocenters. The molecule has 1 unspecified atom stereocenters. The van der Waals surface area contributed by atoms with Crippen molar-refractivity contribution in [2.75, 3.05) is 0 Å². The highest BCUT2D eigenvalue weighted by Gasteiger charge is 1.80. The normalized spacial score (nSPS) is 13.0. The third kappa shape index (κ3) is 3.50. The summed E-state index contributed by atoms with van der Waals surface area (Å²) in [5.74, 6) is 0. The number of nitrogens with one attached hydrogen (secondary N) is 1. The van der Waals surface area contributed by atoms with Gasteiger partial charge in [0.1, 0.15) is 6.23 Å². The Kier molecular flexibility index (Phi) is 2.50. The van der Waals surface area contributed by atoms with E-state index in [4.69, 9.17) is 5.11 Å². The molecule has 0 radical (unpaired) electrons. The summed E-state index contributed by atoms with van der Waals surface area (Å²) in [6.45, 7) is 4.96. The van der Waals surface area contributed by atoms with E-state index in [-0.39, 0.29) is 0 Å². The second-order valence-corrected chi connectivity index (χ2v) is 1.05. The Morgan fingerprint density at radius 1 is 2.00 bits per heavy atom. The topological polar surface area (TPSA) is 32.3 Å². The first-order valence-electron chi connectivity index (χ1n) is 1.82. The molecule has 0 bridgehead atoms. The molecule has 0 heterocycles. The molecule has 2 N–H and O–H groups in total. The minimum atomic E-state index is -0.470. The molecule has 0 amide bonds. The smallest absolute Gasteiger partial charge is 0.121 e. The van der Waals surface area contributed by atoms with E-state index < -0.39 is 6.23 Å². The number of hydrogen-bond donors (Lipinski definition) is 2.